The highest BCUT2D eigenvalue weighted by Crippen LogP contribution is 2.47. The molecule has 42 heavy (non-hydrogen) atoms. The largest absolute Gasteiger partial charge is 0.493 e. The predicted molar refractivity (Wildman–Crippen MR) is 161 cm³/mol. The second kappa shape index (κ2) is 12.0. The van der Waals surface area contributed by atoms with Crippen LogP contribution >= 0.6 is 0 Å². The zero-order valence-electron chi connectivity index (χ0n) is 24.8. The van der Waals surface area contributed by atoms with E-state index in [9.17, 15) is 9.59 Å². The highest BCUT2D eigenvalue weighted by atomic mass is 16.5. The van der Waals surface area contributed by atoms with E-state index in [1.165, 1.54) is 0 Å². The first kappa shape index (κ1) is 28.8. The zero-order chi connectivity index (χ0) is 30.0. The Labute approximate surface area is 246 Å². The number of Topliss-reactive ketones (excluding diaryl/α,β-unsaturated/α-hetero) is 1. The van der Waals surface area contributed by atoms with Crippen molar-refractivity contribution < 1.29 is 28.5 Å². The molecule has 8 nitrogen and oxygen atoms in total. The number of carbonyl (C=O) groups is 2. The highest BCUT2D eigenvalue weighted by Gasteiger charge is 2.41. The van der Waals surface area contributed by atoms with Gasteiger partial charge >= 0.3 is 0 Å². The van der Waals surface area contributed by atoms with Crippen LogP contribution in [0.3, 0.4) is 0 Å². The van der Waals surface area contributed by atoms with Gasteiger partial charge in [0.15, 0.2) is 28.8 Å². The molecule has 3 aromatic rings. The van der Waals surface area contributed by atoms with Crippen LogP contribution in [0, 0.1) is 6.92 Å². The number of anilines is 1. The van der Waals surface area contributed by atoms with Gasteiger partial charge in [0.1, 0.15) is 0 Å². The van der Waals surface area contributed by atoms with Gasteiger partial charge in [-0.15, -0.1) is 0 Å². The monoisotopic (exact) mass is 568 g/mol. The van der Waals surface area contributed by atoms with Gasteiger partial charge in [-0.3, -0.25) is 9.59 Å². The van der Waals surface area contributed by atoms with E-state index in [-0.39, 0.29) is 17.6 Å². The van der Waals surface area contributed by atoms with E-state index in [2.05, 4.69) is 10.6 Å². The number of dihydropyridines is 1. The summed E-state index contributed by atoms with van der Waals surface area (Å²) in [5.41, 5.74) is 6.02. The molecular formula is C34H36N2O6. The summed E-state index contributed by atoms with van der Waals surface area (Å²) >= 11 is 0. The number of hydrogen-bond acceptors (Lipinski definition) is 7. The Kier molecular flexibility index (Phi) is 8.24. The molecule has 3 aromatic carbocycles. The Hall–Kier alpha value is -4.72. The number of ketones is 1. The summed E-state index contributed by atoms with van der Waals surface area (Å²) in [5, 5.41) is 6.52. The normalized spacial score (nSPS) is 18.2. The maximum Gasteiger partial charge on any atom is 0.254 e. The van der Waals surface area contributed by atoms with E-state index in [0.29, 0.717) is 52.7 Å². The van der Waals surface area contributed by atoms with Crippen LogP contribution in [-0.2, 0) is 9.59 Å². The van der Waals surface area contributed by atoms with Crippen molar-refractivity contribution in [2.24, 2.45) is 0 Å². The van der Waals surface area contributed by atoms with E-state index < -0.39 is 5.92 Å². The first-order valence-corrected chi connectivity index (χ1v) is 13.8. The third-order valence-corrected chi connectivity index (χ3v) is 8.09. The lowest BCUT2D eigenvalue weighted by molar-refractivity contribution is -0.116. The molecule has 0 bridgehead atoms. The van der Waals surface area contributed by atoms with Crippen molar-refractivity contribution in [3.63, 3.8) is 0 Å². The summed E-state index contributed by atoms with van der Waals surface area (Å²) in [5.74, 6) is 1.41. The van der Waals surface area contributed by atoms with Crippen molar-refractivity contribution in [1.82, 2.24) is 5.32 Å². The molecule has 0 radical (unpaired) electrons. The third-order valence-electron chi connectivity index (χ3n) is 8.09. The van der Waals surface area contributed by atoms with Crippen molar-refractivity contribution in [3.05, 3.63) is 99.9 Å². The number of methoxy groups -OCH3 is 4. The smallest absolute Gasteiger partial charge is 0.254 e. The Balaban J connectivity index is 1.59. The summed E-state index contributed by atoms with van der Waals surface area (Å²) < 4.78 is 22.0. The van der Waals surface area contributed by atoms with Crippen molar-refractivity contribution in [2.45, 2.75) is 38.5 Å². The molecule has 5 rings (SSSR count). The van der Waals surface area contributed by atoms with Gasteiger partial charge < -0.3 is 29.6 Å². The number of para-hydroxylation sites is 1. The van der Waals surface area contributed by atoms with Gasteiger partial charge in [0.2, 0.25) is 0 Å². The standard InChI is InChI=1S/C34H36N2O6/c1-19-9-7-8-10-24(19)36-34(38)31-20(2)35-25-15-23(21-11-13-27(39-3)29(17-21)41-5)16-26(37)33(25)32(31)22-12-14-28(40-4)30(18-22)42-6/h7-14,17-18,23,32,35H,15-16H2,1-6H3,(H,36,38)/t23-,32+/m1/s1. The lowest BCUT2D eigenvalue weighted by Gasteiger charge is -2.37. The molecule has 8 heteroatoms. The van der Waals surface area contributed by atoms with Crippen molar-refractivity contribution in [3.8, 4) is 23.0 Å². The zero-order valence-corrected chi connectivity index (χ0v) is 24.8. The molecule has 1 heterocycles. The maximum atomic E-state index is 14.1. The number of benzene rings is 3. The van der Waals surface area contributed by atoms with Crippen LogP contribution in [0.4, 0.5) is 5.69 Å². The minimum absolute atomic E-state index is 0.0167. The summed E-state index contributed by atoms with van der Waals surface area (Å²) in [4.78, 5) is 28.0. The average Bonchev–Trinajstić information content (AvgIpc) is 3.00. The Bertz CT molecular complexity index is 1610. The third kappa shape index (κ3) is 5.32. The van der Waals surface area contributed by atoms with Crippen molar-refractivity contribution >= 4 is 17.4 Å². The fourth-order valence-corrected chi connectivity index (χ4v) is 5.95. The van der Waals surface area contributed by atoms with Crippen molar-refractivity contribution in [1.29, 1.82) is 0 Å². The Morgan fingerprint density at radius 2 is 1.38 bits per heavy atom. The summed E-state index contributed by atoms with van der Waals surface area (Å²) in [6.45, 7) is 3.83. The molecule has 1 aliphatic carbocycles. The topological polar surface area (TPSA) is 95.1 Å². The number of carbonyl (C=O) groups excluding carboxylic acids is 2. The summed E-state index contributed by atoms with van der Waals surface area (Å²) in [6.07, 6.45) is 0.899. The molecule has 2 N–H and O–H groups in total. The molecule has 0 fully saturated rings. The van der Waals surface area contributed by atoms with Crippen LogP contribution in [0.1, 0.15) is 48.3 Å². The molecule has 1 aliphatic heterocycles. The number of aryl methyl sites for hydroxylation is 1. The quantitative estimate of drug-likeness (QED) is 0.343. The number of ether oxygens (including phenoxy) is 4. The van der Waals surface area contributed by atoms with Crippen molar-refractivity contribution in [2.75, 3.05) is 33.8 Å². The lowest BCUT2D eigenvalue weighted by Crippen LogP contribution is -2.37. The van der Waals surface area contributed by atoms with E-state index >= 15 is 0 Å². The van der Waals surface area contributed by atoms with E-state index in [1.807, 2.05) is 74.5 Å². The number of amides is 1. The van der Waals surface area contributed by atoms with Crippen LogP contribution in [-0.4, -0.2) is 40.1 Å². The second-order valence-electron chi connectivity index (χ2n) is 10.5. The van der Waals surface area contributed by atoms with Crippen LogP contribution in [0.5, 0.6) is 23.0 Å². The van der Waals surface area contributed by atoms with Gasteiger partial charge in [0, 0.05) is 40.6 Å². The number of nitrogens with one attached hydrogen (secondary N) is 2. The van der Waals surface area contributed by atoms with Gasteiger partial charge in [0.25, 0.3) is 5.91 Å². The molecule has 0 saturated carbocycles. The Morgan fingerprint density at radius 1 is 0.786 bits per heavy atom. The van der Waals surface area contributed by atoms with Crippen LogP contribution in [0.25, 0.3) is 0 Å². The fourth-order valence-electron chi connectivity index (χ4n) is 5.95. The van der Waals surface area contributed by atoms with E-state index in [0.717, 1.165) is 28.1 Å². The maximum absolute atomic E-state index is 14.1. The van der Waals surface area contributed by atoms with Gasteiger partial charge in [-0.2, -0.15) is 0 Å². The highest BCUT2D eigenvalue weighted by molar-refractivity contribution is 6.10. The van der Waals surface area contributed by atoms with Crippen LogP contribution < -0.4 is 29.6 Å². The molecule has 0 spiro atoms. The van der Waals surface area contributed by atoms with E-state index in [4.69, 9.17) is 18.9 Å². The van der Waals surface area contributed by atoms with Gasteiger partial charge in [0.05, 0.1) is 28.4 Å². The molecular weight excluding hydrogens is 532 g/mol. The Morgan fingerprint density at radius 3 is 2.00 bits per heavy atom. The number of rotatable bonds is 8. The number of hydrogen-bond donors (Lipinski definition) is 2. The fraction of sp³-hybridized carbons (Fsp3) is 0.294. The molecule has 0 unspecified atom stereocenters. The van der Waals surface area contributed by atoms with Gasteiger partial charge in [-0.25, -0.2) is 0 Å². The van der Waals surface area contributed by atoms with E-state index in [1.54, 1.807) is 28.4 Å². The minimum atomic E-state index is -0.594. The molecule has 2 aliphatic rings. The van der Waals surface area contributed by atoms with Crippen LogP contribution in [0.2, 0.25) is 0 Å². The average molecular weight is 569 g/mol. The van der Waals surface area contributed by atoms with Crippen LogP contribution in [0.15, 0.2) is 83.2 Å². The molecule has 218 valence electrons. The summed E-state index contributed by atoms with van der Waals surface area (Å²) in [6, 6.07) is 18.9. The first-order chi connectivity index (χ1) is 20.3. The molecule has 0 aromatic heterocycles. The second-order valence-corrected chi connectivity index (χ2v) is 10.5. The minimum Gasteiger partial charge on any atom is -0.493 e. The molecule has 0 saturated heterocycles. The predicted octanol–water partition coefficient (Wildman–Crippen LogP) is 6.03. The SMILES string of the molecule is COc1ccc([C@H]2CC(=O)C3=C(C2)NC(C)=C(C(=O)Nc2ccccc2C)[C@@H]3c2ccc(OC)c(OC)c2)cc1OC. The van der Waals surface area contributed by atoms with Gasteiger partial charge in [-0.05, 0) is 73.2 Å². The molecule has 1 amide bonds. The lowest BCUT2D eigenvalue weighted by atomic mass is 9.71. The summed E-state index contributed by atoms with van der Waals surface area (Å²) in [7, 11) is 6.34. The first-order valence-electron chi connectivity index (χ1n) is 13.8. The molecule has 2 atom stereocenters. The van der Waals surface area contributed by atoms with Gasteiger partial charge in [-0.1, -0.05) is 30.3 Å². The number of allylic oxidation sites excluding steroid dienone is 3.